The largest absolute Gasteiger partial charge is 0.357 e. The van der Waals surface area contributed by atoms with E-state index in [-0.39, 0.29) is 11.7 Å². The molecule has 2 heterocycles. The van der Waals surface area contributed by atoms with Crippen molar-refractivity contribution in [2.45, 2.75) is 20.8 Å². The van der Waals surface area contributed by atoms with E-state index >= 15 is 0 Å². The van der Waals surface area contributed by atoms with Crippen molar-refractivity contribution in [3.05, 3.63) is 54.2 Å². The van der Waals surface area contributed by atoms with Crippen LogP contribution in [-0.4, -0.2) is 34.1 Å². The Kier molecular flexibility index (Phi) is 5.65. The van der Waals surface area contributed by atoms with Crippen LogP contribution in [0.15, 0.2) is 47.1 Å². The molecule has 0 bridgehead atoms. The number of nitrogens with zero attached hydrogens (tertiary/aromatic N) is 4. The number of aryl methyl sites for hydroxylation is 1. The van der Waals surface area contributed by atoms with E-state index in [9.17, 15) is 4.79 Å². The van der Waals surface area contributed by atoms with Crippen LogP contribution in [0.4, 0.5) is 23.0 Å². The highest BCUT2D eigenvalue weighted by Crippen LogP contribution is 2.21. The molecular formula is C19H22N6O2. The molecular weight excluding hydrogens is 344 g/mol. The first-order valence-corrected chi connectivity index (χ1v) is 8.78. The molecule has 0 saturated carbocycles. The lowest BCUT2D eigenvalue weighted by molar-refractivity contribution is 0.0988. The van der Waals surface area contributed by atoms with E-state index in [1.165, 1.54) is 12.3 Å². The number of carbonyl (C=O) groups is 1. The van der Waals surface area contributed by atoms with Gasteiger partial charge in [-0.15, -0.1) is 0 Å². The van der Waals surface area contributed by atoms with Crippen LogP contribution in [0.1, 0.15) is 30.2 Å². The fourth-order valence-electron chi connectivity index (χ4n) is 2.64. The normalized spacial score (nSPS) is 10.5. The first-order chi connectivity index (χ1) is 13.1. The van der Waals surface area contributed by atoms with Gasteiger partial charge in [0.1, 0.15) is 17.5 Å². The Morgan fingerprint density at radius 2 is 1.78 bits per heavy atom. The molecule has 0 radical (unpaired) electrons. The average molecular weight is 366 g/mol. The number of rotatable bonds is 7. The van der Waals surface area contributed by atoms with E-state index in [0.717, 1.165) is 30.4 Å². The number of benzene rings is 1. The molecule has 2 aromatic heterocycles. The second-order valence-corrected chi connectivity index (χ2v) is 5.86. The SMILES string of the molecule is CCN(CC)c1cc(Nc2ccc(NC(=O)c3ccno3)cc2)nc(C)n1. The monoisotopic (exact) mass is 366 g/mol. The summed E-state index contributed by atoms with van der Waals surface area (Å²) < 4.78 is 4.84. The first kappa shape index (κ1) is 18.4. The molecule has 0 unspecified atom stereocenters. The molecule has 0 fully saturated rings. The topological polar surface area (TPSA) is 96.2 Å². The number of hydrogen-bond donors (Lipinski definition) is 2. The van der Waals surface area contributed by atoms with Gasteiger partial charge in [0.25, 0.3) is 5.91 Å². The molecule has 0 spiro atoms. The van der Waals surface area contributed by atoms with Gasteiger partial charge in [-0.3, -0.25) is 4.79 Å². The maximum atomic E-state index is 12.0. The minimum atomic E-state index is -0.344. The third kappa shape index (κ3) is 4.60. The van der Waals surface area contributed by atoms with E-state index < -0.39 is 0 Å². The minimum absolute atomic E-state index is 0.164. The van der Waals surface area contributed by atoms with Crippen molar-refractivity contribution in [3.8, 4) is 0 Å². The molecule has 27 heavy (non-hydrogen) atoms. The molecule has 1 amide bonds. The fraction of sp³-hybridized carbons (Fsp3) is 0.263. The van der Waals surface area contributed by atoms with Crippen LogP contribution in [0, 0.1) is 6.92 Å². The summed E-state index contributed by atoms with van der Waals surface area (Å²) in [5, 5.41) is 9.55. The van der Waals surface area contributed by atoms with Gasteiger partial charge in [0.2, 0.25) is 5.76 Å². The lowest BCUT2D eigenvalue weighted by Gasteiger charge is -2.20. The lowest BCUT2D eigenvalue weighted by Crippen LogP contribution is -2.23. The van der Waals surface area contributed by atoms with Gasteiger partial charge in [0, 0.05) is 36.6 Å². The van der Waals surface area contributed by atoms with Crippen LogP contribution in [0.25, 0.3) is 0 Å². The second kappa shape index (κ2) is 8.31. The Morgan fingerprint density at radius 1 is 1.07 bits per heavy atom. The maximum absolute atomic E-state index is 12.0. The zero-order valence-electron chi connectivity index (χ0n) is 15.6. The summed E-state index contributed by atoms with van der Waals surface area (Å²) in [6, 6.07) is 10.8. The van der Waals surface area contributed by atoms with E-state index in [2.05, 4.69) is 44.5 Å². The van der Waals surface area contributed by atoms with Crippen molar-refractivity contribution in [1.29, 1.82) is 0 Å². The maximum Gasteiger partial charge on any atom is 0.294 e. The van der Waals surface area contributed by atoms with Crippen LogP contribution in [0.3, 0.4) is 0 Å². The highest BCUT2D eigenvalue weighted by atomic mass is 16.5. The van der Waals surface area contributed by atoms with E-state index in [1.54, 1.807) is 12.1 Å². The van der Waals surface area contributed by atoms with Gasteiger partial charge in [0.05, 0.1) is 6.20 Å². The third-order valence-electron chi connectivity index (χ3n) is 3.99. The molecule has 8 nitrogen and oxygen atoms in total. The zero-order valence-corrected chi connectivity index (χ0v) is 15.6. The van der Waals surface area contributed by atoms with Crippen molar-refractivity contribution in [3.63, 3.8) is 0 Å². The zero-order chi connectivity index (χ0) is 19.2. The molecule has 3 aromatic rings. The van der Waals surface area contributed by atoms with Gasteiger partial charge in [-0.2, -0.15) is 0 Å². The summed E-state index contributed by atoms with van der Waals surface area (Å²) in [6.07, 6.45) is 1.43. The van der Waals surface area contributed by atoms with Crippen LogP contribution in [0.2, 0.25) is 0 Å². The standard InChI is InChI=1S/C19H22N6O2/c1-4-25(5-2)18-12-17(21-13(3)22-18)23-14-6-8-15(9-7-14)24-19(26)16-10-11-20-27-16/h6-12H,4-5H2,1-3H3,(H,24,26)(H,21,22,23). The predicted molar refractivity (Wildman–Crippen MR) is 105 cm³/mol. The third-order valence-corrected chi connectivity index (χ3v) is 3.99. The highest BCUT2D eigenvalue weighted by molar-refractivity contribution is 6.02. The highest BCUT2D eigenvalue weighted by Gasteiger charge is 2.10. The molecule has 0 saturated heterocycles. The summed E-state index contributed by atoms with van der Waals surface area (Å²) in [4.78, 5) is 23.1. The summed E-state index contributed by atoms with van der Waals surface area (Å²) in [5.41, 5.74) is 1.51. The van der Waals surface area contributed by atoms with Crippen LogP contribution in [-0.2, 0) is 0 Å². The summed E-state index contributed by atoms with van der Waals surface area (Å²) in [5.74, 6) is 2.15. The molecule has 8 heteroatoms. The number of hydrogen-bond acceptors (Lipinski definition) is 7. The van der Waals surface area contributed by atoms with Crippen LogP contribution in [0.5, 0.6) is 0 Å². The molecule has 0 aliphatic carbocycles. The van der Waals surface area contributed by atoms with Crippen LogP contribution >= 0.6 is 0 Å². The smallest absolute Gasteiger partial charge is 0.294 e. The van der Waals surface area contributed by atoms with Crippen molar-refractivity contribution in [2.24, 2.45) is 0 Å². The number of aromatic nitrogens is 3. The van der Waals surface area contributed by atoms with Gasteiger partial charge in [-0.25, -0.2) is 9.97 Å². The molecule has 3 rings (SSSR count). The van der Waals surface area contributed by atoms with Crippen molar-refractivity contribution < 1.29 is 9.32 Å². The minimum Gasteiger partial charge on any atom is -0.357 e. The van der Waals surface area contributed by atoms with E-state index in [0.29, 0.717) is 11.5 Å². The van der Waals surface area contributed by atoms with Gasteiger partial charge in [0.15, 0.2) is 0 Å². The number of anilines is 4. The fourth-order valence-corrected chi connectivity index (χ4v) is 2.64. The second-order valence-electron chi connectivity index (χ2n) is 5.86. The van der Waals surface area contributed by atoms with E-state index in [4.69, 9.17) is 4.52 Å². The summed E-state index contributed by atoms with van der Waals surface area (Å²) in [6.45, 7) is 7.83. The Labute approximate surface area is 157 Å². The lowest BCUT2D eigenvalue weighted by atomic mass is 10.2. The predicted octanol–water partition coefficient (Wildman–Crippen LogP) is 3.62. The Hall–Kier alpha value is -3.42. The summed E-state index contributed by atoms with van der Waals surface area (Å²) >= 11 is 0. The van der Waals surface area contributed by atoms with Gasteiger partial charge < -0.3 is 20.1 Å². The van der Waals surface area contributed by atoms with Gasteiger partial charge in [-0.05, 0) is 45.0 Å². The molecule has 0 atom stereocenters. The average Bonchev–Trinajstić information content (AvgIpc) is 3.19. The van der Waals surface area contributed by atoms with E-state index in [1.807, 2.05) is 25.1 Å². The molecule has 0 aliphatic rings. The van der Waals surface area contributed by atoms with Crippen LogP contribution < -0.4 is 15.5 Å². The van der Waals surface area contributed by atoms with Gasteiger partial charge >= 0.3 is 0 Å². The summed E-state index contributed by atoms with van der Waals surface area (Å²) in [7, 11) is 0. The molecule has 140 valence electrons. The number of nitrogens with one attached hydrogen (secondary N) is 2. The Bertz CT molecular complexity index is 889. The van der Waals surface area contributed by atoms with Crippen molar-refractivity contribution >= 4 is 28.9 Å². The van der Waals surface area contributed by atoms with Gasteiger partial charge in [-0.1, -0.05) is 5.16 Å². The molecule has 2 N–H and O–H groups in total. The Morgan fingerprint density at radius 3 is 2.41 bits per heavy atom. The molecule has 1 aromatic carbocycles. The quantitative estimate of drug-likeness (QED) is 0.659. The number of carbonyl (C=O) groups excluding carboxylic acids is 1. The number of amides is 1. The molecule has 0 aliphatic heterocycles. The van der Waals surface area contributed by atoms with Crippen molar-refractivity contribution in [1.82, 2.24) is 15.1 Å². The first-order valence-electron chi connectivity index (χ1n) is 8.78. The van der Waals surface area contributed by atoms with Crippen molar-refractivity contribution in [2.75, 3.05) is 28.6 Å². The Balaban J connectivity index is 1.70.